The molecule has 0 unspecified atom stereocenters. The molecule has 0 radical (unpaired) electrons. The molecule has 0 aliphatic heterocycles. The van der Waals surface area contributed by atoms with E-state index in [1.54, 1.807) is 12.4 Å². The van der Waals surface area contributed by atoms with Crippen molar-refractivity contribution >= 4 is 11.7 Å². The molecule has 0 spiro atoms. The van der Waals surface area contributed by atoms with Crippen LogP contribution in [0.4, 0.5) is 17.6 Å². The highest BCUT2D eigenvalue weighted by Gasteiger charge is 2.46. The number of benzene rings is 2. The molecule has 5 aromatic rings. The molecule has 1 N–H and O–H groups in total. The Balaban J connectivity index is 0.000000176. The second-order valence-corrected chi connectivity index (χ2v) is 13.0. The number of amides is 1. The summed E-state index contributed by atoms with van der Waals surface area (Å²) in [4.78, 5) is 39.9. The van der Waals surface area contributed by atoms with Crippen LogP contribution in [0.2, 0.25) is 0 Å². The van der Waals surface area contributed by atoms with Gasteiger partial charge in [-0.2, -0.15) is 17.6 Å². The average Bonchev–Trinajstić information content (AvgIpc) is 4.03. The Morgan fingerprint density at radius 1 is 0.745 bits per heavy atom. The van der Waals surface area contributed by atoms with E-state index in [0.717, 1.165) is 37.9 Å². The Morgan fingerprint density at radius 3 is 1.67 bits per heavy atom. The SMILES string of the molecule is Cc1ccccc1C1(Cc2ncc(-c3nnc(C(F)F)o3)cn2)CC1.Cc1ccccc1C1(Cc2ncc(C(=O)CNC(=O)C(F)F)cn2)CC1. The van der Waals surface area contributed by atoms with Crippen LogP contribution in [0.15, 0.2) is 77.7 Å². The molecule has 10 nitrogen and oxygen atoms in total. The predicted molar refractivity (Wildman–Crippen MR) is 177 cm³/mol. The molecule has 2 aliphatic rings. The molecule has 2 aromatic carbocycles. The first-order chi connectivity index (χ1) is 24.5. The summed E-state index contributed by atoms with van der Waals surface area (Å²) in [7, 11) is 0. The summed E-state index contributed by atoms with van der Waals surface area (Å²) in [6, 6.07) is 16.6. The van der Waals surface area contributed by atoms with Crippen molar-refractivity contribution in [3.05, 3.63) is 119 Å². The molecule has 2 fully saturated rings. The number of carbonyl (C=O) groups excluding carboxylic acids is 2. The highest BCUT2D eigenvalue weighted by molar-refractivity contribution is 5.99. The van der Waals surface area contributed by atoms with Crippen LogP contribution in [-0.4, -0.2) is 54.8 Å². The molecule has 2 aliphatic carbocycles. The van der Waals surface area contributed by atoms with Crippen LogP contribution in [0.5, 0.6) is 0 Å². The molecule has 0 saturated heterocycles. The van der Waals surface area contributed by atoms with E-state index in [1.807, 2.05) is 23.5 Å². The first-order valence-corrected chi connectivity index (χ1v) is 16.4. The van der Waals surface area contributed by atoms with Crippen molar-refractivity contribution in [1.29, 1.82) is 0 Å². The summed E-state index contributed by atoms with van der Waals surface area (Å²) in [6.07, 6.45) is 5.73. The lowest BCUT2D eigenvalue weighted by molar-refractivity contribution is -0.131. The number of nitrogens with one attached hydrogen (secondary N) is 1. The van der Waals surface area contributed by atoms with Crippen LogP contribution in [-0.2, 0) is 28.5 Å². The number of hydrogen-bond donors (Lipinski definition) is 1. The van der Waals surface area contributed by atoms with Crippen molar-refractivity contribution in [1.82, 2.24) is 35.5 Å². The van der Waals surface area contributed by atoms with Gasteiger partial charge in [0.25, 0.3) is 17.7 Å². The molecule has 14 heteroatoms. The molecule has 264 valence electrons. The number of hydrogen-bond acceptors (Lipinski definition) is 9. The molecule has 0 bridgehead atoms. The highest BCUT2D eigenvalue weighted by Crippen LogP contribution is 2.52. The minimum absolute atomic E-state index is 0.00175. The number of carbonyl (C=O) groups is 2. The normalized spacial score (nSPS) is 15.2. The van der Waals surface area contributed by atoms with Gasteiger partial charge in [-0.3, -0.25) is 9.59 Å². The van der Waals surface area contributed by atoms with Gasteiger partial charge < -0.3 is 9.73 Å². The summed E-state index contributed by atoms with van der Waals surface area (Å²) in [5, 5.41) is 8.79. The second-order valence-electron chi connectivity index (χ2n) is 13.0. The number of alkyl halides is 4. The summed E-state index contributed by atoms with van der Waals surface area (Å²) in [5.41, 5.74) is 5.96. The number of Topliss-reactive ketones (excluding diaryl/α,β-unsaturated/α-hetero) is 1. The van der Waals surface area contributed by atoms with Crippen molar-refractivity contribution in [3.63, 3.8) is 0 Å². The maximum atomic E-state index is 12.5. The largest absolute Gasteiger partial charge is 0.415 e. The Kier molecular flexibility index (Phi) is 10.3. The van der Waals surface area contributed by atoms with E-state index in [-0.39, 0.29) is 22.3 Å². The fraction of sp³-hybridized carbons (Fsp3) is 0.351. The molecular formula is C37H35F4N7O3. The highest BCUT2D eigenvalue weighted by atomic mass is 19.3. The van der Waals surface area contributed by atoms with E-state index >= 15 is 0 Å². The second kappa shape index (κ2) is 14.8. The van der Waals surface area contributed by atoms with E-state index < -0.39 is 37.0 Å². The summed E-state index contributed by atoms with van der Waals surface area (Å²) < 4.78 is 54.2. The van der Waals surface area contributed by atoms with Gasteiger partial charge in [-0.25, -0.2) is 19.9 Å². The van der Waals surface area contributed by atoms with Gasteiger partial charge >= 0.3 is 12.9 Å². The van der Waals surface area contributed by atoms with Gasteiger partial charge in [-0.1, -0.05) is 48.5 Å². The number of halogens is 4. The van der Waals surface area contributed by atoms with Crippen LogP contribution in [0, 0.1) is 13.8 Å². The summed E-state index contributed by atoms with van der Waals surface area (Å²) in [6.45, 7) is 3.71. The average molecular weight is 702 g/mol. The number of nitrogens with zero attached hydrogens (tertiary/aromatic N) is 6. The molecule has 2 saturated carbocycles. The minimum Gasteiger partial charge on any atom is -0.415 e. The number of aryl methyl sites for hydroxylation is 2. The quantitative estimate of drug-likeness (QED) is 0.112. The summed E-state index contributed by atoms with van der Waals surface area (Å²) in [5.74, 6) is -1.31. The van der Waals surface area contributed by atoms with Crippen LogP contribution in [0.25, 0.3) is 11.5 Å². The topological polar surface area (TPSA) is 137 Å². The zero-order valence-electron chi connectivity index (χ0n) is 28.0. The molecule has 51 heavy (non-hydrogen) atoms. The third-order valence-corrected chi connectivity index (χ3v) is 9.36. The molecule has 7 rings (SSSR count). The lowest BCUT2D eigenvalue weighted by Crippen LogP contribution is -2.34. The van der Waals surface area contributed by atoms with E-state index in [2.05, 4.69) is 74.3 Å². The molecular weight excluding hydrogens is 666 g/mol. The zero-order chi connectivity index (χ0) is 36.2. The maximum absolute atomic E-state index is 12.5. The van der Waals surface area contributed by atoms with Crippen molar-refractivity contribution in [3.8, 4) is 11.5 Å². The van der Waals surface area contributed by atoms with Gasteiger partial charge in [0, 0.05) is 48.5 Å². The van der Waals surface area contributed by atoms with Gasteiger partial charge in [0.2, 0.25) is 0 Å². The minimum atomic E-state index is -3.14. The number of ketones is 1. The van der Waals surface area contributed by atoms with Crippen LogP contribution >= 0.6 is 0 Å². The van der Waals surface area contributed by atoms with Crippen molar-refractivity contribution < 1.29 is 31.6 Å². The Bertz CT molecular complexity index is 1990. The molecule has 3 aromatic heterocycles. The van der Waals surface area contributed by atoms with E-state index in [0.29, 0.717) is 17.8 Å². The number of rotatable bonds is 12. The van der Waals surface area contributed by atoms with Crippen LogP contribution < -0.4 is 5.32 Å². The third-order valence-electron chi connectivity index (χ3n) is 9.36. The lowest BCUT2D eigenvalue weighted by Gasteiger charge is -2.17. The maximum Gasteiger partial charge on any atom is 0.315 e. The Hall–Kier alpha value is -5.40. The van der Waals surface area contributed by atoms with Gasteiger partial charge in [-0.15, -0.1) is 10.2 Å². The lowest BCUT2D eigenvalue weighted by atomic mass is 9.89. The summed E-state index contributed by atoms with van der Waals surface area (Å²) >= 11 is 0. The third kappa shape index (κ3) is 8.33. The first kappa shape index (κ1) is 35.4. The fourth-order valence-electron chi connectivity index (χ4n) is 6.26. The van der Waals surface area contributed by atoms with E-state index in [4.69, 9.17) is 4.42 Å². The number of aromatic nitrogens is 6. The van der Waals surface area contributed by atoms with E-state index in [1.165, 1.54) is 34.6 Å². The molecule has 0 atom stereocenters. The van der Waals surface area contributed by atoms with Crippen molar-refractivity contribution in [2.75, 3.05) is 6.54 Å². The van der Waals surface area contributed by atoms with Gasteiger partial charge in [0.1, 0.15) is 11.6 Å². The fourth-order valence-corrected chi connectivity index (χ4v) is 6.26. The molecule has 3 heterocycles. The van der Waals surface area contributed by atoms with Gasteiger partial charge in [0.15, 0.2) is 5.78 Å². The van der Waals surface area contributed by atoms with Crippen molar-refractivity contribution in [2.24, 2.45) is 0 Å². The van der Waals surface area contributed by atoms with Crippen LogP contribution in [0.1, 0.15) is 82.3 Å². The molecule has 1 amide bonds. The smallest absolute Gasteiger partial charge is 0.315 e. The first-order valence-electron chi connectivity index (χ1n) is 16.4. The van der Waals surface area contributed by atoms with Gasteiger partial charge in [-0.05, 0) is 61.8 Å². The van der Waals surface area contributed by atoms with Crippen LogP contribution in [0.3, 0.4) is 0 Å². The standard InChI is InChI=1S/C19H19F2N3O2.C18H16F2N4O/c1-12-4-2-3-5-14(12)19(6-7-19)8-16-22-9-13(10-23-16)15(25)11-24-18(26)17(20)21;1-11-4-2-3-5-13(11)18(6-7-18)8-14-21-9-12(10-22-14)16-23-24-17(25-16)15(19)20/h2-5,9-10,17H,6-8,11H2,1H3,(H,24,26);2-5,9-10,15H,6-8H2,1H3. The van der Waals surface area contributed by atoms with Gasteiger partial charge in [0.05, 0.1) is 17.7 Å². The van der Waals surface area contributed by atoms with Crippen molar-refractivity contribution in [2.45, 2.75) is 76.1 Å². The Labute approximate surface area is 291 Å². The zero-order valence-corrected chi connectivity index (χ0v) is 28.0. The van der Waals surface area contributed by atoms with E-state index in [9.17, 15) is 27.2 Å². The predicted octanol–water partition coefficient (Wildman–Crippen LogP) is 6.67. The monoisotopic (exact) mass is 701 g/mol. The Morgan fingerprint density at radius 2 is 1.24 bits per heavy atom.